The van der Waals surface area contributed by atoms with Crippen LogP contribution in [0, 0.1) is 0 Å². The predicted octanol–water partition coefficient (Wildman–Crippen LogP) is 0.956. The van der Waals surface area contributed by atoms with Crippen molar-refractivity contribution in [3.63, 3.8) is 0 Å². The minimum absolute atomic E-state index is 0.166. The van der Waals surface area contributed by atoms with Gasteiger partial charge in [0.2, 0.25) is 0 Å². The van der Waals surface area contributed by atoms with Crippen LogP contribution in [-0.2, 0) is 4.74 Å². The number of hydrogen-bond acceptors (Lipinski definition) is 3. The Hall–Kier alpha value is -0.770. The number of nitrogens with zero attached hydrogens (tertiary/aromatic N) is 1. The fraction of sp³-hybridized carbons (Fsp3) is 0.889. The Morgan fingerprint density at radius 1 is 1.62 bits per heavy atom. The summed E-state index contributed by atoms with van der Waals surface area (Å²) in [6.45, 7) is 4.11. The highest BCUT2D eigenvalue weighted by Gasteiger charge is 2.20. The zero-order chi connectivity index (χ0) is 9.68. The van der Waals surface area contributed by atoms with Gasteiger partial charge in [0.15, 0.2) is 0 Å². The number of rotatable bonds is 5. The summed E-state index contributed by atoms with van der Waals surface area (Å²) in [5.74, 6) is 0. The Morgan fingerprint density at radius 3 is 2.92 bits per heavy atom. The van der Waals surface area contributed by atoms with Gasteiger partial charge in [-0.25, -0.2) is 4.79 Å². The minimum atomic E-state index is -0.166. The number of carbonyl (C=O) groups excluding carboxylic acids is 1. The van der Waals surface area contributed by atoms with Crippen LogP contribution in [0.4, 0.5) is 4.79 Å². The summed E-state index contributed by atoms with van der Waals surface area (Å²) in [5, 5.41) is 0. The van der Waals surface area contributed by atoms with E-state index in [1.165, 1.54) is 0 Å². The average Bonchev–Trinajstić information content (AvgIpc) is 2.45. The first kappa shape index (κ1) is 10.3. The van der Waals surface area contributed by atoms with E-state index in [0.717, 1.165) is 32.4 Å². The molecule has 13 heavy (non-hydrogen) atoms. The summed E-state index contributed by atoms with van der Waals surface area (Å²) in [4.78, 5) is 12.7. The lowest BCUT2D eigenvalue weighted by molar-refractivity contribution is 0.158. The standard InChI is InChI=1S/C9H18N2O2/c1-8(10)4-2-3-5-11-6-7-13-9(11)12/h8H,2-7,10H2,1H3. The SMILES string of the molecule is CC(N)CCCCN1CCOC1=O. The van der Waals surface area contributed by atoms with Gasteiger partial charge in [-0.1, -0.05) is 6.42 Å². The van der Waals surface area contributed by atoms with Gasteiger partial charge in [0.25, 0.3) is 0 Å². The molecule has 0 saturated carbocycles. The van der Waals surface area contributed by atoms with E-state index < -0.39 is 0 Å². The van der Waals surface area contributed by atoms with E-state index >= 15 is 0 Å². The van der Waals surface area contributed by atoms with Crippen molar-refractivity contribution in [2.75, 3.05) is 19.7 Å². The van der Waals surface area contributed by atoms with Gasteiger partial charge < -0.3 is 15.4 Å². The van der Waals surface area contributed by atoms with Crippen LogP contribution in [0.15, 0.2) is 0 Å². The molecule has 1 rings (SSSR count). The van der Waals surface area contributed by atoms with Crippen LogP contribution in [0.2, 0.25) is 0 Å². The van der Waals surface area contributed by atoms with Crippen molar-refractivity contribution >= 4 is 6.09 Å². The summed E-state index contributed by atoms with van der Waals surface area (Å²) in [7, 11) is 0. The average molecular weight is 186 g/mol. The summed E-state index contributed by atoms with van der Waals surface area (Å²) < 4.78 is 4.81. The molecule has 0 radical (unpaired) electrons. The smallest absolute Gasteiger partial charge is 0.409 e. The van der Waals surface area contributed by atoms with Crippen molar-refractivity contribution in [3.05, 3.63) is 0 Å². The third-order valence-electron chi connectivity index (χ3n) is 2.18. The Bertz CT molecular complexity index is 171. The molecular formula is C9H18N2O2. The van der Waals surface area contributed by atoms with Gasteiger partial charge in [0.05, 0.1) is 6.54 Å². The van der Waals surface area contributed by atoms with E-state index in [-0.39, 0.29) is 12.1 Å². The Balaban J connectivity index is 2.02. The van der Waals surface area contributed by atoms with E-state index in [0.29, 0.717) is 6.61 Å². The maximum Gasteiger partial charge on any atom is 0.409 e. The van der Waals surface area contributed by atoms with Gasteiger partial charge in [-0.2, -0.15) is 0 Å². The number of nitrogens with two attached hydrogens (primary N) is 1. The number of hydrogen-bond donors (Lipinski definition) is 1. The van der Waals surface area contributed by atoms with Crippen LogP contribution >= 0.6 is 0 Å². The Morgan fingerprint density at radius 2 is 2.38 bits per heavy atom. The van der Waals surface area contributed by atoms with Crippen LogP contribution < -0.4 is 5.73 Å². The maximum atomic E-state index is 11.0. The first-order valence-electron chi connectivity index (χ1n) is 4.87. The summed E-state index contributed by atoms with van der Waals surface area (Å²) in [6.07, 6.45) is 2.97. The molecule has 2 N–H and O–H groups in total. The van der Waals surface area contributed by atoms with Gasteiger partial charge in [-0.05, 0) is 19.8 Å². The van der Waals surface area contributed by atoms with Crippen molar-refractivity contribution in [1.82, 2.24) is 4.90 Å². The highest BCUT2D eigenvalue weighted by Crippen LogP contribution is 2.06. The summed E-state index contributed by atoms with van der Waals surface area (Å²) in [5.41, 5.74) is 5.61. The molecule has 1 aliphatic rings. The highest BCUT2D eigenvalue weighted by molar-refractivity contribution is 5.69. The summed E-state index contributed by atoms with van der Waals surface area (Å²) >= 11 is 0. The number of amides is 1. The van der Waals surface area contributed by atoms with Crippen LogP contribution in [0.25, 0.3) is 0 Å². The fourth-order valence-electron chi connectivity index (χ4n) is 1.40. The molecule has 0 aromatic rings. The van der Waals surface area contributed by atoms with Crippen molar-refractivity contribution in [3.8, 4) is 0 Å². The molecular weight excluding hydrogens is 168 g/mol. The van der Waals surface area contributed by atoms with Crippen molar-refractivity contribution in [2.45, 2.75) is 32.2 Å². The first-order valence-corrected chi connectivity index (χ1v) is 4.87. The molecule has 4 heteroatoms. The Kier molecular flexibility index (Phi) is 4.02. The molecule has 1 heterocycles. The number of cyclic esters (lactones) is 1. The van der Waals surface area contributed by atoms with Gasteiger partial charge in [0.1, 0.15) is 6.61 Å². The van der Waals surface area contributed by atoms with E-state index in [1.54, 1.807) is 4.90 Å². The lowest BCUT2D eigenvalue weighted by atomic mass is 10.1. The van der Waals surface area contributed by atoms with E-state index in [2.05, 4.69) is 0 Å². The van der Waals surface area contributed by atoms with Gasteiger partial charge in [0, 0.05) is 12.6 Å². The first-order chi connectivity index (χ1) is 6.20. The molecule has 1 unspecified atom stereocenters. The minimum Gasteiger partial charge on any atom is -0.448 e. The summed E-state index contributed by atoms with van der Waals surface area (Å²) in [6, 6.07) is 0.269. The predicted molar refractivity (Wildman–Crippen MR) is 50.4 cm³/mol. The van der Waals surface area contributed by atoms with Crippen LogP contribution in [-0.4, -0.2) is 36.7 Å². The van der Waals surface area contributed by atoms with Gasteiger partial charge >= 0.3 is 6.09 Å². The topological polar surface area (TPSA) is 55.6 Å². The van der Waals surface area contributed by atoms with E-state index in [9.17, 15) is 4.79 Å². The molecule has 76 valence electrons. The number of ether oxygens (including phenoxy) is 1. The van der Waals surface area contributed by atoms with Crippen LogP contribution in [0.1, 0.15) is 26.2 Å². The quantitative estimate of drug-likeness (QED) is 0.650. The third-order valence-corrected chi connectivity index (χ3v) is 2.18. The molecule has 1 fully saturated rings. The Labute approximate surface area is 79.0 Å². The second kappa shape index (κ2) is 5.07. The van der Waals surface area contributed by atoms with Crippen molar-refractivity contribution in [1.29, 1.82) is 0 Å². The second-order valence-electron chi connectivity index (χ2n) is 3.57. The van der Waals surface area contributed by atoms with E-state index in [4.69, 9.17) is 10.5 Å². The number of unbranched alkanes of at least 4 members (excludes halogenated alkanes) is 1. The van der Waals surface area contributed by atoms with Crippen LogP contribution in [0.3, 0.4) is 0 Å². The molecule has 4 nitrogen and oxygen atoms in total. The lowest BCUT2D eigenvalue weighted by Gasteiger charge is -2.12. The van der Waals surface area contributed by atoms with Crippen molar-refractivity contribution in [2.24, 2.45) is 5.73 Å². The molecule has 1 aliphatic heterocycles. The molecule has 0 aromatic heterocycles. The molecule has 0 aromatic carbocycles. The third kappa shape index (κ3) is 3.63. The molecule has 0 bridgehead atoms. The highest BCUT2D eigenvalue weighted by atomic mass is 16.6. The molecule has 1 amide bonds. The van der Waals surface area contributed by atoms with Gasteiger partial charge in [-0.15, -0.1) is 0 Å². The zero-order valence-electron chi connectivity index (χ0n) is 8.16. The molecule has 1 atom stereocenters. The molecule has 0 spiro atoms. The normalized spacial score (nSPS) is 18.9. The molecule has 0 aliphatic carbocycles. The largest absolute Gasteiger partial charge is 0.448 e. The lowest BCUT2D eigenvalue weighted by Crippen LogP contribution is -2.25. The van der Waals surface area contributed by atoms with Gasteiger partial charge in [-0.3, -0.25) is 0 Å². The fourth-order valence-corrected chi connectivity index (χ4v) is 1.40. The molecule has 1 saturated heterocycles. The zero-order valence-corrected chi connectivity index (χ0v) is 8.16. The maximum absolute atomic E-state index is 11.0. The second-order valence-corrected chi connectivity index (χ2v) is 3.57. The van der Waals surface area contributed by atoms with Crippen molar-refractivity contribution < 1.29 is 9.53 Å². The van der Waals surface area contributed by atoms with E-state index in [1.807, 2.05) is 6.92 Å². The number of carbonyl (C=O) groups is 1. The van der Waals surface area contributed by atoms with Crippen LogP contribution in [0.5, 0.6) is 0 Å². The monoisotopic (exact) mass is 186 g/mol.